The summed E-state index contributed by atoms with van der Waals surface area (Å²) in [5, 5.41) is 8.25. The van der Waals surface area contributed by atoms with Crippen LogP contribution in [0.1, 0.15) is 29.8 Å². The number of carboxylic acids is 1. The van der Waals surface area contributed by atoms with Gasteiger partial charge in [0, 0.05) is 0 Å². The van der Waals surface area contributed by atoms with Crippen LogP contribution in [0.4, 0.5) is 0 Å². The van der Waals surface area contributed by atoms with Crippen LogP contribution in [0.25, 0.3) is 0 Å². The Morgan fingerprint density at radius 2 is 1.71 bits per heavy atom. The van der Waals surface area contributed by atoms with Crippen LogP contribution < -0.4 is 0 Å². The normalized spacial score (nSPS) is 12.6. The minimum absolute atomic E-state index is 0.138. The lowest BCUT2D eigenvalue weighted by Crippen LogP contribution is -2.24. The van der Waals surface area contributed by atoms with Crippen LogP contribution in [-0.4, -0.2) is 44.7 Å². The van der Waals surface area contributed by atoms with Crippen molar-refractivity contribution in [3.05, 3.63) is 29.3 Å². The molecule has 0 aliphatic rings. The summed E-state index contributed by atoms with van der Waals surface area (Å²) in [6.07, 6.45) is 0. The van der Waals surface area contributed by atoms with Crippen LogP contribution >= 0.6 is 0 Å². The molecule has 8 heteroatoms. The van der Waals surface area contributed by atoms with Gasteiger partial charge in [0.15, 0.2) is 19.7 Å². The Morgan fingerprint density at radius 3 is 2.19 bits per heavy atom. The van der Waals surface area contributed by atoms with Crippen LogP contribution in [-0.2, 0) is 19.7 Å². The number of hydrogen-bond acceptors (Lipinski definition) is 5. The van der Waals surface area contributed by atoms with Gasteiger partial charge in [-0.25, -0.2) is 21.6 Å². The molecule has 1 aromatic carbocycles. The molecule has 0 saturated carbocycles. The standard InChI is InChI=1S/C13H18O6S2/c1-9(2)20(16,17)6-7-21(18,19)12-8-11(13(14)15)5-4-10(12)3/h4-5,8-9H,6-7H2,1-3H3,(H,14,15). The van der Waals surface area contributed by atoms with E-state index in [0.717, 1.165) is 6.07 Å². The van der Waals surface area contributed by atoms with E-state index in [0.29, 0.717) is 5.56 Å². The summed E-state index contributed by atoms with van der Waals surface area (Å²) in [5.74, 6) is -2.28. The van der Waals surface area contributed by atoms with Gasteiger partial charge in [-0.2, -0.15) is 0 Å². The summed E-state index contributed by atoms with van der Waals surface area (Å²) in [7, 11) is -7.33. The summed E-state index contributed by atoms with van der Waals surface area (Å²) < 4.78 is 47.9. The average molecular weight is 334 g/mol. The Hall–Kier alpha value is -1.41. The molecule has 0 atom stereocenters. The monoisotopic (exact) mass is 334 g/mol. The molecule has 0 spiro atoms. The molecule has 0 heterocycles. The Labute approximate surface area is 124 Å². The van der Waals surface area contributed by atoms with Crippen molar-refractivity contribution in [1.29, 1.82) is 0 Å². The van der Waals surface area contributed by atoms with E-state index in [2.05, 4.69) is 0 Å². The molecular weight excluding hydrogens is 316 g/mol. The van der Waals surface area contributed by atoms with Gasteiger partial charge in [0.25, 0.3) is 0 Å². The lowest BCUT2D eigenvalue weighted by Gasteiger charge is -2.10. The highest BCUT2D eigenvalue weighted by molar-refractivity contribution is 7.95. The van der Waals surface area contributed by atoms with Gasteiger partial charge in [0.2, 0.25) is 0 Å². The maximum Gasteiger partial charge on any atom is 0.335 e. The largest absolute Gasteiger partial charge is 0.478 e. The molecule has 6 nitrogen and oxygen atoms in total. The summed E-state index contributed by atoms with van der Waals surface area (Å²) in [6.45, 7) is 4.51. The molecule has 0 unspecified atom stereocenters. The summed E-state index contributed by atoms with van der Waals surface area (Å²) in [5.41, 5.74) is 0.243. The van der Waals surface area contributed by atoms with Crippen LogP contribution in [0.15, 0.2) is 23.1 Å². The van der Waals surface area contributed by atoms with Crippen LogP contribution in [0.2, 0.25) is 0 Å². The van der Waals surface area contributed by atoms with Gasteiger partial charge >= 0.3 is 5.97 Å². The van der Waals surface area contributed by atoms with Crippen LogP contribution in [0.3, 0.4) is 0 Å². The topological polar surface area (TPSA) is 106 Å². The van der Waals surface area contributed by atoms with E-state index in [-0.39, 0.29) is 10.5 Å². The number of aromatic carboxylic acids is 1. The fraction of sp³-hybridized carbons (Fsp3) is 0.462. The molecule has 1 N–H and O–H groups in total. The first-order valence-electron chi connectivity index (χ1n) is 6.25. The Balaban J connectivity index is 3.15. The van der Waals surface area contributed by atoms with Crippen molar-refractivity contribution in [2.45, 2.75) is 30.9 Å². The van der Waals surface area contributed by atoms with Gasteiger partial charge in [-0.15, -0.1) is 0 Å². The molecule has 0 saturated heterocycles. The third-order valence-corrected chi connectivity index (χ3v) is 7.44. The predicted octanol–water partition coefficient (Wildman–Crippen LogP) is 1.29. The number of carbonyl (C=O) groups is 1. The fourth-order valence-corrected chi connectivity index (χ4v) is 5.00. The molecule has 0 fully saturated rings. The third-order valence-electron chi connectivity index (χ3n) is 3.12. The van der Waals surface area contributed by atoms with Crippen molar-refractivity contribution in [1.82, 2.24) is 0 Å². The van der Waals surface area contributed by atoms with Gasteiger partial charge in [-0.3, -0.25) is 0 Å². The molecule has 0 amide bonds. The first-order valence-corrected chi connectivity index (χ1v) is 9.62. The van der Waals surface area contributed by atoms with Crippen molar-refractivity contribution in [3.8, 4) is 0 Å². The second-order valence-electron chi connectivity index (χ2n) is 5.02. The molecular formula is C13H18O6S2. The maximum atomic E-state index is 12.2. The quantitative estimate of drug-likeness (QED) is 0.840. The number of benzene rings is 1. The number of sulfone groups is 2. The zero-order valence-corrected chi connectivity index (χ0v) is 13.7. The molecule has 0 aromatic heterocycles. The van der Waals surface area contributed by atoms with E-state index in [1.54, 1.807) is 0 Å². The zero-order chi connectivity index (χ0) is 16.4. The first kappa shape index (κ1) is 17.6. The second kappa shape index (κ2) is 6.15. The van der Waals surface area contributed by atoms with Crippen molar-refractivity contribution in [2.75, 3.05) is 11.5 Å². The van der Waals surface area contributed by atoms with E-state index in [1.807, 2.05) is 0 Å². The van der Waals surface area contributed by atoms with Crippen molar-refractivity contribution < 1.29 is 26.7 Å². The molecule has 0 bridgehead atoms. The minimum atomic E-state index is -3.86. The van der Waals surface area contributed by atoms with E-state index < -0.39 is 42.4 Å². The zero-order valence-electron chi connectivity index (χ0n) is 12.0. The highest BCUT2D eigenvalue weighted by Gasteiger charge is 2.24. The van der Waals surface area contributed by atoms with Gasteiger partial charge in [-0.05, 0) is 38.5 Å². The van der Waals surface area contributed by atoms with Crippen molar-refractivity contribution >= 4 is 25.6 Å². The summed E-state index contributed by atoms with van der Waals surface area (Å²) >= 11 is 0. The number of aryl methyl sites for hydroxylation is 1. The van der Waals surface area contributed by atoms with Crippen LogP contribution in [0.5, 0.6) is 0 Å². The number of rotatable bonds is 6. The molecule has 0 aliphatic carbocycles. The molecule has 0 radical (unpaired) electrons. The van der Waals surface area contributed by atoms with Gasteiger partial charge in [0.05, 0.1) is 27.2 Å². The highest BCUT2D eigenvalue weighted by Crippen LogP contribution is 2.19. The predicted molar refractivity (Wildman–Crippen MR) is 79.1 cm³/mol. The SMILES string of the molecule is Cc1ccc(C(=O)O)cc1S(=O)(=O)CCS(=O)(=O)C(C)C. The van der Waals surface area contributed by atoms with Gasteiger partial charge < -0.3 is 5.11 Å². The van der Waals surface area contributed by atoms with E-state index in [9.17, 15) is 21.6 Å². The molecule has 1 rings (SSSR count). The van der Waals surface area contributed by atoms with Gasteiger partial charge in [0.1, 0.15) is 0 Å². The first-order chi connectivity index (χ1) is 9.47. The molecule has 21 heavy (non-hydrogen) atoms. The van der Waals surface area contributed by atoms with Crippen LogP contribution in [0, 0.1) is 6.92 Å². The average Bonchev–Trinajstić information content (AvgIpc) is 2.36. The number of hydrogen-bond donors (Lipinski definition) is 1. The third kappa shape index (κ3) is 4.28. The summed E-state index contributed by atoms with van der Waals surface area (Å²) in [4.78, 5) is 10.8. The fourth-order valence-electron chi connectivity index (χ4n) is 1.64. The Kier molecular flexibility index (Phi) is 5.16. The Morgan fingerprint density at radius 1 is 1.14 bits per heavy atom. The lowest BCUT2D eigenvalue weighted by atomic mass is 10.1. The van der Waals surface area contributed by atoms with E-state index >= 15 is 0 Å². The second-order valence-corrected chi connectivity index (χ2v) is 9.77. The van der Waals surface area contributed by atoms with E-state index in [4.69, 9.17) is 5.11 Å². The minimum Gasteiger partial charge on any atom is -0.478 e. The highest BCUT2D eigenvalue weighted by atomic mass is 32.2. The maximum absolute atomic E-state index is 12.2. The lowest BCUT2D eigenvalue weighted by molar-refractivity contribution is 0.0696. The van der Waals surface area contributed by atoms with E-state index in [1.165, 1.54) is 32.9 Å². The smallest absolute Gasteiger partial charge is 0.335 e. The summed E-state index contributed by atoms with van der Waals surface area (Å²) in [6, 6.07) is 3.77. The molecule has 0 aliphatic heterocycles. The van der Waals surface area contributed by atoms with Crippen molar-refractivity contribution in [2.24, 2.45) is 0 Å². The van der Waals surface area contributed by atoms with Gasteiger partial charge in [-0.1, -0.05) is 6.07 Å². The molecule has 1 aromatic rings. The van der Waals surface area contributed by atoms with Crippen molar-refractivity contribution in [3.63, 3.8) is 0 Å². The Bertz CT molecular complexity index is 745. The number of carboxylic acid groups (broad SMARTS) is 1. The molecule has 118 valence electrons.